The highest BCUT2D eigenvalue weighted by Gasteiger charge is 2.25. The standard InChI is InChI=1S/C18H19N3O4S/c1-3-25-18(24)21-9-8-14-15(10-21)26-17(19-14)20-16(23)13-6-4-12(5-7-13)11(2)22/h4-7H,3,8-10H2,1-2H3,(H,19,20,23). The lowest BCUT2D eigenvalue weighted by Gasteiger charge is -2.24. The number of ether oxygens (including phenoxy) is 1. The molecule has 0 radical (unpaired) electrons. The fourth-order valence-electron chi connectivity index (χ4n) is 2.65. The number of carbonyl (C=O) groups excluding carboxylic acids is 3. The molecule has 1 aliphatic heterocycles. The van der Waals surface area contributed by atoms with Crippen molar-refractivity contribution in [2.75, 3.05) is 18.5 Å². The van der Waals surface area contributed by atoms with Gasteiger partial charge in [-0.05, 0) is 26.0 Å². The van der Waals surface area contributed by atoms with E-state index >= 15 is 0 Å². The van der Waals surface area contributed by atoms with Crippen molar-refractivity contribution in [2.24, 2.45) is 0 Å². The number of nitrogens with one attached hydrogen (secondary N) is 1. The molecule has 2 amide bonds. The number of nitrogens with zero attached hydrogens (tertiary/aromatic N) is 2. The maximum absolute atomic E-state index is 12.4. The normalized spacial score (nSPS) is 13.1. The zero-order chi connectivity index (χ0) is 18.7. The smallest absolute Gasteiger partial charge is 0.410 e. The topological polar surface area (TPSA) is 88.6 Å². The molecule has 2 heterocycles. The summed E-state index contributed by atoms with van der Waals surface area (Å²) in [7, 11) is 0. The van der Waals surface area contributed by atoms with Gasteiger partial charge in [-0.2, -0.15) is 0 Å². The van der Waals surface area contributed by atoms with Crippen LogP contribution in [-0.2, 0) is 17.7 Å². The number of aromatic nitrogens is 1. The van der Waals surface area contributed by atoms with Crippen molar-refractivity contribution in [3.8, 4) is 0 Å². The largest absolute Gasteiger partial charge is 0.450 e. The van der Waals surface area contributed by atoms with Gasteiger partial charge in [-0.3, -0.25) is 14.9 Å². The SMILES string of the molecule is CCOC(=O)N1CCc2nc(NC(=O)c3ccc(C(C)=O)cc3)sc2C1. The molecule has 1 aromatic heterocycles. The average molecular weight is 373 g/mol. The molecule has 8 heteroatoms. The highest BCUT2D eigenvalue weighted by molar-refractivity contribution is 7.15. The second-order valence-corrected chi connectivity index (χ2v) is 6.93. The molecule has 1 N–H and O–H groups in total. The Kier molecular flexibility index (Phi) is 5.32. The number of carbonyl (C=O) groups is 3. The maximum Gasteiger partial charge on any atom is 0.410 e. The zero-order valence-electron chi connectivity index (χ0n) is 14.6. The van der Waals surface area contributed by atoms with Crippen molar-refractivity contribution in [3.63, 3.8) is 0 Å². The molecule has 0 spiro atoms. The fourth-order valence-corrected chi connectivity index (χ4v) is 3.66. The number of Topliss-reactive ketones (excluding diaryl/α,β-unsaturated/α-hetero) is 1. The van der Waals surface area contributed by atoms with E-state index in [0.29, 0.717) is 42.4 Å². The third-order valence-corrected chi connectivity index (χ3v) is 5.03. The van der Waals surface area contributed by atoms with Gasteiger partial charge in [-0.25, -0.2) is 9.78 Å². The first kappa shape index (κ1) is 18.1. The number of hydrogen-bond acceptors (Lipinski definition) is 6. The summed E-state index contributed by atoms with van der Waals surface area (Å²) in [5.74, 6) is -0.329. The Morgan fingerprint density at radius 3 is 2.58 bits per heavy atom. The van der Waals surface area contributed by atoms with Crippen molar-refractivity contribution < 1.29 is 19.1 Å². The Labute approximate surface area is 155 Å². The van der Waals surface area contributed by atoms with Crippen LogP contribution in [0.2, 0.25) is 0 Å². The van der Waals surface area contributed by atoms with Gasteiger partial charge in [-0.15, -0.1) is 0 Å². The molecule has 0 bridgehead atoms. The lowest BCUT2D eigenvalue weighted by atomic mass is 10.1. The van der Waals surface area contributed by atoms with E-state index in [1.54, 1.807) is 36.1 Å². The number of anilines is 1. The van der Waals surface area contributed by atoms with Gasteiger partial charge < -0.3 is 9.64 Å². The van der Waals surface area contributed by atoms with E-state index in [9.17, 15) is 14.4 Å². The van der Waals surface area contributed by atoms with Crippen molar-refractivity contribution in [1.29, 1.82) is 0 Å². The molecular formula is C18H19N3O4S. The van der Waals surface area contributed by atoms with Gasteiger partial charge in [-0.1, -0.05) is 23.5 Å². The van der Waals surface area contributed by atoms with Gasteiger partial charge in [0.05, 0.1) is 18.8 Å². The monoisotopic (exact) mass is 373 g/mol. The third kappa shape index (κ3) is 3.91. The maximum atomic E-state index is 12.4. The average Bonchev–Trinajstić information content (AvgIpc) is 3.03. The number of thiazole rings is 1. The van der Waals surface area contributed by atoms with Gasteiger partial charge in [0.25, 0.3) is 5.91 Å². The molecule has 1 aliphatic rings. The molecule has 0 saturated carbocycles. The van der Waals surface area contributed by atoms with E-state index in [-0.39, 0.29) is 17.8 Å². The summed E-state index contributed by atoms with van der Waals surface area (Å²) in [5.41, 5.74) is 1.92. The third-order valence-electron chi connectivity index (χ3n) is 4.03. The Morgan fingerprint density at radius 2 is 1.92 bits per heavy atom. The van der Waals surface area contributed by atoms with Gasteiger partial charge in [0, 0.05) is 29.0 Å². The molecule has 0 aliphatic carbocycles. The Balaban J connectivity index is 1.67. The van der Waals surface area contributed by atoms with Crippen molar-refractivity contribution in [1.82, 2.24) is 9.88 Å². The first-order valence-corrected chi connectivity index (χ1v) is 9.12. The van der Waals surface area contributed by atoms with Crippen molar-refractivity contribution in [3.05, 3.63) is 46.0 Å². The Hall–Kier alpha value is -2.74. The number of ketones is 1. The van der Waals surface area contributed by atoms with Crippen LogP contribution < -0.4 is 5.32 Å². The minimum Gasteiger partial charge on any atom is -0.450 e. The summed E-state index contributed by atoms with van der Waals surface area (Å²) < 4.78 is 5.03. The number of amides is 2. The highest BCUT2D eigenvalue weighted by Crippen LogP contribution is 2.29. The number of benzene rings is 1. The first-order valence-electron chi connectivity index (χ1n) is 8.30. The molecule has 0 saturated heterocycles. The van der Waals surface area contributed by atoms with E-state index in [1.165, 1.54) is 18.3 Å². The van der Waals surface area contributed by atoms with E-state index in [0.717, 1.165) is 10.6 Å². The van der Waals surface area contributed by atoms with Gasteiger partial charge in [0.15, 0.2) is 10.9 Å². The summed E-state index contributed by atoms with van der Waals surface area (Å²) >= 11 is 1.36. The Bertz CT molecular complexity index is 845. The van der Waals surface area contributed by atoms with E-state index < -0.39 is 0 Å². The lowest BCUT2D eigenvalue weighted by molar-refractivity contribution is 0.100. The van der Waals surface area contributed by atoms with Gasteiger partial charge in [0.1, 0.15) is 0 Å². The molecular weight excluding hydrogens is 354 g/mol. The second-order valence-electron chi connectivity index (χ2n) is 5.85. The van der Waals surface area contributed by atoms with Crippen LogP contribution in [0.5, 0.6) is 0 Å². The van der Waals surface area contributed by atoms with Gasteiger partial charge in [0.2, 0.25) is 0 Å². The molecule has 0 fully saturated rings. The second kappa shape index (κ2) is 7.65. The van der Waals surface area contributed by atoms with Crippen LogP contribution in [0.4, 0.5) is 9.93 Å². The molecule has 0 unspecified atom stereocenters. The van der Waals surface area contributed by atoms with Crippen molar-refractivity contribution >= 4 is 34.3 Å². The summed E-state index contributed by atoms with van der Waals surface area (Å²) in [6.07, 6.45) is 0.302. The van der Waals surface area contributed by atoms with E-state index in [2.05, 4.69) is 10.3 Å². The number of fused-ring (bicyclic) bond motifs is 1. The van der Waals surface area contributed by atoms with Crippen LogP contribution in [0.15, 0.2) is 24.3 Å². The van der Waals surface area contributed by atoms with E-state index in [1.807, 2.05) is 0 Å². The fraction of sp³-hybridized carbons (Fsp3) is 0.333. The molecule has 2 aromatic rings. The number of hydrogen-bond donors (Lipinski definition) is 1. The van der Waals surface area contributed by atoms with Crippen LogP contribution >= 0.6 is 11.3 Å². The molecule has 26 heavy (non-hydrogen) atoms. The molecule has 3 rings (SSSR count). The minimum atomic E-state index is -0.331. The molecule has 0 atom stereocenters. The first-order chi connectivity index (χ1) is 12.5. The van der Waals surface area contributed by atoms with Crippen molar-refractivity contribution in [2.45, 2.75) is 26.8 Å². The molecule has 136 valence electrons. The van der Waals surface area contributed by atoms with Crippen LogP contribution in [0, 0.1) is 0 Å². The van der Waals surface area contributed by atoms with Gasteiger partial charge >= 0.3 is 6.09 Å². The quantitative estimate of drug-likeness (QED) is 0.832. The predicted molar refractivity (Wildman–Crippen MR) is 97.6 cm³/mol. The highest BCUT2D eigenvalue weighted by atomic mass is 32.1. The minimum absolute atomic E-state index is 0.0456. The van der Waals surface area contributed by atoms with E-state index in [4.69, 9.17) is 4.74 Å². The van der Waals surface area contributed by atoms with Crippen LogP contribution in [0.3, 0.4) is 0 Å². The zero-order valence-corrected chi connectivity index (χ0v) is 15.4. The molecule has 7 nitrogen and oxygen atoms in total. The van der Waals surface area contributed by atoms with Crippen LogP contribution in [0.1, 0.15) is 45.1 Å². The summed E-state index contributed by atoms with van der Waals surface area (Å²) in [6, 6.07) is 6.48. The summed E-state index contributed by atoms with van der Waals surface area (Å²) in [4.78, 5) is 42.5. The van der Waals surface area contributed by atoms with Crippen LogP contribution in [0.25, 0.3) is 0 Å². The predicted octanol–water partition coefficient (Wildman–Crippen LogP) is 3.11. The summed E-state index contributed by atoms with van der Waals surface area (Å²) in [5, 5.41) is 3.28. The summed E-state index contributed by atoms with van der Waals surface area (Å²) in [6.45, 7) is 4.59. The Morgan fingerprint density at radius 1 is 1.23 bits per heavy atom. The lowest BCUT2D eigenvalue weighted by Crippen LogP contribution is -2.35. The molecule has 1 aromatic carbocycles. The number of rotatable bonds is 4. The van der Waals surface area contributed by atoms with Crippen LogP contribution in [-0.4, -0.2) is 40.8 Å².